The van der Waals surface area contributed by atoms with Crippen LogP contribution in [0.1, 0.15) is 24.0 Å². The zero-order valence-corrected chi connectivity index (χ0v) is 11.2. The molecule has 4 nitrogen and oxygen atoms in total. The lowest BCUT2D eigenvalue weighted by Gasteiger charge is -2.32. The molecule has 18 heavy (non-hydrogen) atoms. The highest BCUT2D eigenvalue weighted by Crippen LogP contribution is 2.29. The fraction of sp³-hybridized carbons (Fsp3) is 0.500. The molecule has 98 valence electrons. The lowest BCUT2D eigenvalue weighted by atomic mass is 10.0. The average Bonchev–Trinajstić information content (AvgIpc) is 2.34. The molecule has 0 aliphatic carbocycles. The molecule has 1 fully saturated rings. The van der Waals surface area contributed by atoms with Gasteiger partial charge >= 0.3 is 0 Å². The molecule has 1 aliphatic heterocycles. The number of hydrogen-bond acceptors (Lipinski definition) is 3. The van der Waals surface area contributed by atoms with Crippen molar-refractivity contribution in [2.24, 2.45) is 0 Å². The van der Waals surface area contributed by atoms with E-state index in [0.29, 0.717) is 0 Å². The first-order valence-corrected chi connectivity index (χ1v) is 6.25. The molecule has 0 spiro atoms. The topological polar surface area (TPSA) is 55.6 Å². The molecular formula is C14H20N2O2. The van der Waals surface area contributed by atoms with E-state index in [1.807, 2.05) is 26.0 Å². The zero-order chi connectivity index (χ0) is 13.3. The van der Waals surface area contributed by atoms with Gasteiger partial charge in [-0.25, -0.2) is 0 Å². The third-order valence-electron chi connectivity index (χ3n) is 3.55. The number of rotatable bonds is 2. The highest BCUT2D eigenvalue weighted by atomic mass is 16.5. The third-order valence-corrected chi connectivity index (χ3v) is 3.55. The maximum absolute atomic E-state index is 12.3. The molecule has 1 aromatic rings. The van der Waals surface area contributed by atoms with Gasteiger partial charge < -0.3 is 15.4 Å². The molecule has 1 aromatic carbocycles. The second-order valence-corrected chi connectivity index (χ2v) is 4.85. The monoisotopic (exact) mass is 248 g/mol. The van der Waals surface area contributed by atoms with Crippen molar-refractivity contribution in [3.63, 3.8) is 0 Å². The highest BCUT2D eigenvalue weighted by molar-refractivity contribution is 5.98. The first-order valence-electron chi connectivity index (χ1n) is 6.25. The van der Waals surface area contributed by atoms with Gasteiger partial charge in [-0.2, -0.15) is 0 Å². The van der Waals surface area contributed by atoms with Crippen molar-refractivity contribution in [2.75, 3.05) is 24.3 Å². The van der Waals surface area contributed by atoms with Crippen LogP contribution in [-0.2, 0) is 9.53 Å². The lowest BCUT2D eigenvalue weighted by Crippen LogP contribution is -2.45. The van der Waals surface area contributed by atoms with Crippen molar-refractivity contribution in [3.8, 4) is 0 Å². The van der Waals surface area contributed by atoms with Crippen LogP contribution < -0.4 is 10.6 Å². The van der Waals surface area contributed by atoms with E-state index in [-0.39, 0.29) is 12.0 Å². The number of nitrogen functional groups attached to an aromatic ring is 1. The Morgan fingerprint density at radius 3 is 2.72 bits per heavy atom. The van der Waals surface area contributed by atoms with Gasteiger partial charge in [0.15, 0.2) is 0 Å². The molecular weight excluding hydrogens is 228 g/mol. The Morgan fingerprint density at radius 1 is 1.33 bits per heavy atom. The van der Waals surface area contributed by atoms with Gasteiger partial charge in [0.1, 0.15) is 6.10 Å². The standard InChI is InChI=1S/C14H20N2O2/c1-9-7-10(2)12(8-11(9)15)16-6-4-5-13(18-3)14(16)17/h7-8,13H,4-6,15H2,1-3H3. The minimum Gasteiger partial charge on any atom is -0.398 e. The summed E-state index contributed by atoms with van der Waals surface area (Å²) in [5.74, 6) is 0.0371. The summed E-state index contributed by atoms with van der Waals surface area (Å²) >= 11 is 0. The molecule has 1 saturated heterocycles. The van der Waals surface area contributed by atoms with Gasteiger partial charge in [-0.15, -0.1) is 0 Å². The summed E-state index contributed by atoms with van der Waals surface area (Å²) in [6.45, 7) is 4.72. The summed E-state index contributed by atoms with van der Waals surface area (Å²) in [5, 5.41) is 0. The van der Waals surface area contributed by atoms with Gasteiger partial charge in [0.05, 0.1) is 0 Å². The van der Waals surface area contributed by atoms with Gasteiger partial charge in [-0.1, -0.05) is 6.07 Å². The van der Waals surface area contributed by atoms with Crippen LogP contribution >= 0.6 is 0 Å². The number of nitrogens with two attached hydrogens (primary N) is 1. The number of aryl methyl sites for hydroxylation is 2. The molecule has 1 unspecified atom stereocenters. The average molecular weight is 248 g/mol. The van der Waals surface area contributed by atoms with E-state index < -0.39 is 0 Å². The fourth-order valence-corrected chi connectivity index (χ4v) is 2.45. The van der Waals surface area contributed by atoms with Gasteiger partial charge in [-0.05, 0) is 43.9 Å². The Balaban J connectivity index is 2.36. The smallest absolute Gasteiger partial charge is 0.256 e. The predicted molar refractivity (Wildman–Crippen MR) is 72.7 cm³/mol. The van der Waals surface area contributed by atoms with E-state index in [9.17, 15) is 4.79 Å². The fourth-order valence-electron chi connectivity index (χ4n) is 2.45. The van der Waals surface area contributed by atoms with Crippen molar-refractivity contribution < 1.29 is 9.53 Å². The van der Waals surface area contributed by atoms with E-state index in [1.165, 1.54) is 0 Å². The quantitative estimate of drug-likeness (QED) is 0.815. The Morgan fingerprint density at radius 2 is 2.06 bits per heavy atom. The molecule has 1 amide bonds. The SMILES string of the molecule is COC1CCCN(c2cc(N)c(C)cc2C)C1=O. The summed E-state index contributed by atoms with van der Waals surface area (Å²) < 4.78 is 5.23. The molecule has 1 atom stereocenters. The lowest BCUT2D eigenvalue weighted by molar-refractivity contribution is -0.130. The normalized spacial score (nSPS) is 20.3. The third kappa shape index (κ3) is 2.20. The Bertz CT molecular complexity index is 471. The minimum absolute atomic E-state index is 0.0371. The maximum atomic E-state index is 12.3. The van der Waals surface area contributed by atoms with Crippen molar-refractivity contribution in [2.45, 2.75) is 32.8 Å². The van der Waals surface area contributed by atoms with Gasteiger partial charge in [0.25, 0.3) is 5.91 Å². The van der Waals surface area contributed by atoms with E-state index in [4.69, 9.17) is 10.5 Å². The summed E-state index contributed by atoms with van der Waals surface area (Å²) in [6, 6.07) is 3.91. The van der Waals surface area contributed by atoms with Crippen LogP contribution in [0.5, 0.6) is 0 Å². The highest BCUT2D eigenvalue weighted by Gasteiger charge is 2.30. The molecule has 1 heterocycles. The van der Waals surface area contributed by atoms with E-state index in [2.05, 4.69) is 0 Å². The second-order valence-electron chi connectivity index (χ2n) is 4.85. The molecule has 2 N–H and O–H groups in total. The van der Waals surface area contributed by atoms with Crippen LogP contribution in [0.2, 0.25) is 0 Å². The Hall–Kier alpha value is -1.55. The number of carbonyl (C=O) groups is 1. The molecule has 0 aromatic heterocycles. The maximum Gasteiger partial charge on any atom is 0.256 e. The molecule has 2 rings (SSSR count). The zero-order valence-electron chi connectivity index (χ0n) is 11.2. The number of nitrogens with zero attached hydrogens (tertiary/aromatic N) is 1. The van der Waals surface area contributed by atoms with Crippen LogP contribution in [0.4, 0.5) is 11.4 Å². The number of anilines is 2. The van der Waals surface area contributed by atoms with Crippen molar-refractivity contribution in [1.29, 1.82) is 0 Å². The van der Waals surface area contributed by atoms with Crippen molar-refractivity contribution >= 4 is 17.3 Å². The number of amides is 1. The first-order chi connectivity index (χ1) is 8.54. The van der Waals surface area contributed by atoms with Crippen molar-refractivity contribution in [3.05, 3.63) is 23.3 Å². The van der Waals surface area contributed by atoms with Crippen LogP contribution in [0.3, 0.4) is 0 Å². The molecule has 0 saturated carbocycles. The van der Waals surface area contributed by atoms with Gasteiger partial charge in [0, 0.05) is 25.0 Å². The first kappa shape index (κ1) is 12.9. The van der Waals surface area contributed by atoms with Gasteiger partial charge in [-0.3, -0.25) is 4.79 Å². The van der Waals surface area contributed by atoms with Crippen LogP contribution in [0, 0.1) is 13.8 Å². The number of hydrogen-bond donors (Lipinski definition) is 1. The number of methoxy groups -OCH3 is 1. The van der Waals surface area contributed by atoms with Crippen LogP contribution in [0.25, 0.3) is 0 Å². The predicted octanol–water partition coefficient (Wildman–Crippen LogP) is 2.03. The second kappa shape index (κ2) is 4.98. The van der Waals surface area contributed by atoms with Crippen molar-refractivity contribution in [1.82, 2.24) is 0 Å². The Kier molecular flexibility index (Phi) is 3.57. The molecule has 0 radical (unpaired) electrons. The number of carbonyl (C=O) groups excluding carboxylic acids is 1. The summed E-state index contributed by atoms with van der Waals surface area (Å²) in [6.07, 6.45) is 1.43. The van der Waals surface area contributed by atoms with Crippen LogP contribution in [0.15, 0.2) is 12.1 Å². The molecule has 0 bridgehead atoms. The van der Waals surface area contributed by atoms with E-state index >= 15 is 0 Å². The summed E-state index contributed by atoms with van der Waals surface area (Å²) in [5.41, 5.74) is 9.69. The number of ether oxygens (including phenoxy) is 1. The molecule has 4 heteroatoms. The largest absolute Gasteiger partial charge is 0.398 e. The Labute approximate surface area is 108 Å². The van der Waals surface area contributed by atoms with E-state index in [0.717, 1.165) is 41.9 Å². The number of piperidine rings is 1. The van der Waals surface area contributed by atoms with Gasteiger partial charge in [0.2, 0.25) is 0 Å². The minimum atomic E-state index is -0.319. The summed E-state index contributed by atoms with van der Waals surface area (Å²) in [4.78, 5) is 14.1. The molecule has 1 aliphatic rings. The van der Waals surface area contributed by atoms with E-state index in [1.54, 1.807) is 12.0 Å². The summed E-state index contributed by atoms with van der Waals surface area (Å²) in [7, 11) is 1.59. The van der Waals surface area contributed by atoms with Crippen LogP contribution in [-0.4, -0.2) is 25.7 Å². The number of benzene rings is 1.